The lowest BCUT2D eigenvalue weighted by Crippen LogP contribution is -2.35. The molecule has 0 spiro atoms. The van der Waals surface area contributed by atoms with Crippen molar-refractivity contribution in [3.63, 3.8) is 0 Å². The van der Waals surface area contributed by atoms with Crippen LogP contribution in [0.5, 0.6) is 0 Å². The summed E-state index contributed by atoms with van der Waals surface area (Å²) in [5, 5.41) is 11.3. The van der Waals surface area contributed by atoms with Crippen LogP contribution in [-0.4, -0.2) is 44.8 Å². The van der Waals surface area contributed by atoms with Gasteiger partial charge in [-0.2, -0.15) is 10.1 Å². The van der Waals surface area contributed by atoms with Gasteiger partial charge >= 0.3 is 0 Å². The van der Waals surface area contributed by atoms with Crippen molar-refractivity contribution in [1.82, 2.24) is 25.2 Å². The number of likely N-dealkylation sites (tertiary alicyclic amines) is 1. The normalized spacial score (nSPS) is 21.3. The molecule has 0 bridgehead atoms. The van der Waals surface area contributed by atoms with Crippen molar-refractivity contribution in [3.05, 3.63) is 29.2 Å². The second-order valence-electron chi connectivity index (χ2n) is 6.83. The van der Waals surface area contributed by atoms with Crippen LogP contribution in [0.15, 0.2) is 10.6 Å². The second-order valence-corrected chi connectivity index (χ2v) is 6.83. The molecule has 8 heteroatoms. The van der Waals surface area contributed by atoms with Crippen molar-refractivity contribution >= 4 is 5.91 Å². The molecule has 1 amide bonds. The third kappa shape index (κ3) is 3.44. The summed E-state index contributed by atoms with van der Waals surface area (Å²) in [7, 11) is 1.58. The minimum absolute atomic E-state index is 0.0619. The number of nitrogens with zero attached hydrogens (tertiary/aromatic N) is 4. The highest BCUT2D eigenvalue weighted by atomic mass is 16.5. The quantitative estimate of drug-likeness (QED) is 0.894. The summed E-state index contributed by atoms with van der Waals surface area (Å²) in [6.07, 6.45) is 6.29. The zero-order valence-electron chi connectivity index (χ0n) is 14.4. The maximum absolute atomic E-state index is 13.1. The zero-order valence-corrected chi connectivity index (χ0v) is 14.4. The van der Waals surface area contributed by atoms with Crippen LogP contribution in [0, 0.1) is 0 Å². The van der Waals surface area contributed by atoms with Gasteiger partial charge in [-0.15, -0.1) is 0 Å². The van der Waals surface area contributed by atoms with Gasteiger partial charge in [0.15, 0.2) is 5.82 Å². The monoisotopic (exact) mass is 345 g/mol. The van der Waals surface area contributed by atoms with Crippen LogP contribution in [0.25, 0.3) is 0 Å². The Hall–Kier alpha value is -2.22. The van der Waals surface area contributed by atoms with Crippen LogP contribution in [0.2, 0.25) is 0 Å². The predicted octanol–water partition coefficient (Wildman–Crippen LogP) is 2.57. The minimum atomic E-state index is -0.176. The lowest BCUT2D eigenvalue weighted by atomic mass is 10.1. The Morgan fingerprint density at radius 2 is 2.24 bits per heavy atom. The molecule has 3 heterocycles. The van der Waals surface area contributed by atoms with Gasteiger partial charge in [0.1, 0.15) is 12.3 Å². The number of methoxy groups -OCH3 is 1. The highest BCUT2D eigenvalue weighted by Gasteiger charge is 2.33. The highest BCUT2D eigenvalue weighted by Crippen LogP contribution is 2.39. The number of rotatable bonds is 5. The predicted molar refractivity (Wildman–Crippen MR) is 87.8 cm³/mol. The van der Waals surface area contributed by atoms with Crippen molar-refractivity contribution < 1.29 is 14.1 Å². The van der Waals surface area contributed by atoms with Crippen molar-refractivity contribution in [2.75, 3.05) is 13.7 Å². The summed E-state index contributed by atoms with van der Waals surface area (Å²) in [6, 6.07) is 1.72. The van der Waals surface area contributed by atoms with E-state index in [4.69, 9.17) is 9.26 Å². The van der Waals surface area contributed by atoms with Gasteiger partial charge in [0, 0.05) is 25.3 Å². The number of aromatic amines is 1. The van der Waals surface area contributed by atoms with Gasteiger partial charge in [-0.1, -0.05) is 18.0 Å². The molecule has 25 heavy (non-hydrogen) atoms. The standard InChI is InChI=1S/C17H23N5O3/c1-24-10-15-18-16(21-25-15)14-5-3-2-4-8-22(14)17(23)13-9-12(19-20-13)11-6-7-11/h9,11,14H,2-8,10H2,1H3,(H,19,20). The third-order valence-corrected chi connectivity index (χ3v) is 4.90. The van der Waals surface area contributed by atoms with E-state index < -0.39 is 0 Å². The average Bonchev–Trinajstić information content (AvgIpc) is 3.26. The molecule has 0 radical (unpaired) electrons. The van der Waals surface area contributed by atoms with Crippen LogP contribution >= 0.6 is 0 Å². The molecule has 2 aromatic rings. The number of carbonyl (C=O) groups excluding carboxylic acids is 1. The molecule has 2 aromatic heterocycles. The van der Waals surface area contributed by atoms with Crippen LogP contribution < -0.4 is 0 Å². The Balaban J connectivity index is 1.57. The fraction of sp³-hybridized carbons (Fsp3) is 0.647. The molecule has 4 rings (SSSR count). The molecule has 134 valence electrons. The maximum Gasteiger partial charge on any atom is 0.274 e. The van der Waals surface area contributed by atoms with E-state index in [1.54, 1.807) is 7.11 Å². The lowest BCUT2D eigenvalue weighted by molar-refractivity contribution is 0.0664. The summed E-state index contributed by atoms with van der Waals surface area (Å²) in [5.74, 6) is 1.47. The number of H-pyrrole nitrogens is 1. The average molecular weight is 345 g/mol. The van der Waals surface area contributed by atoms with E-state index in [-0.39, 0.29) is 18.6 Å². The van der Waals surface area contributed by atoms with Gasteiger partial charge in [0.25, 0.3) is 11.8 Å². The largest absolute Gasteiger partial charge is 0.375 e. The molecule has 0 aromatic carbocycles. The molecule has 1 atom stereocenters. The van der Waals surface area contributed by atoms with Crippen molar-refractivity contribution in [3.8, 4) is 0 Å². The molecule has 1 unspecified atom stereocenters. The van der Waals surface area contributed by atoms with E-state index >= 15 is 0 Å². The second kappa shape index (κ2) is 6.95. The first-order valence-corrected chi connectivity index (χ1v) is 8.94. The summed E-state index contributed by atoms with van der Waals surface area (Å²) in [4.78, 5) is 19.3. The number of aromatic nitrogens is 4. The molecule has 1 N–H and O–H groups in total. The number of carbonyl (C=O) groups is 1. The Labute approximate surface area is 145 Å². The van der Waals surface area contributed by atoms with Gasteiger partial charge in [-0.3, -0.25) is 9.89 Å². The fourth-order valence-corrected chi connectivity index (χ4v) is 3.40. The van der Waals surface area contributed by atoms with E-state index in [2.05, 4.69) is 20.3 Å². The number of nitrogens with one attached hydrogen (secondary N) is 1. The third-order valence-electron chi connectivity index (χ3n) is 4.90. The van der Waals surface area contributed by atoms with E-state index in [9.17, 15) is 4.79 Å². The number of amides is 1. The van der Waals surface area contributed by atoms with Crippen molar-refractivity contribution in [2.24, 2.45) is 0 Å². The van der Waals surface area contributed by atoms with Gasteiger partial charge in [0.2, 0.25) is 0 Å². The Bertz CT molecular complexity index is 736. The van der Waals surface area contributed by atoms with Crippen LogP contribution in [0.1, 0.15) is 78.4 Å². The molecular weight excluding hydrogens is 322 g/mol. The minimum Gasteiger partial charge on any atom is -0.375 e. The first kappa shape index (κ1) is 16.3. The van der Waals surface area contributed by atoms with E-state index in [0.717, 1.165) is 31.4 Å². The van der Waals surface area contributed by atoms with Crippen LogP contribution in [-0.2, 0) is 11.3 Å². The highest BCUT2D eigenvalue weighted by molar-refractivity contribution is 5.92. The molecular formula is C17H23N5O3. The summed E-state index contributed by atoms with van der Waals surface area (Å²) in [6.45, 7) is 0.959. The molecule has 2 aliphatic rings. The molecule has 1 saturated heterocycles. The van der Waals surface area contributed by atoms with Crippen molar-refractivity contribution in [1.29, 1.82) is 0 Å². The maximum atomic E-state index is 13.1. The van der Waals surface area contributed by atoms with Gasteiger partial charge in [0.05, 0.1) is 6.04 Å². The Morgan fingerprint density at radius 3 is 3.04 bits per heavy atom. The fourth-order valence-electron chi connectivity index (χ4n) is 3.40. The van der Waals surface area contributed by atoms with Gasteiger partial charge in [-0.25, -0.2) is 0 Å². The first-order chi connectivity index (χ1) is 12.3. The van der Waals surface area contributed by atoms with E-state index in [0.29, 0.717) is 29.9 Å². The van der Waals surface area contributed by atoms with Gasteiger partial charge in [-0.05, 0) is 31.7 Å². The topological polar surface area (TPSA) is 97.1 Å². The zero-order chi connectivity index (χ0) is 17.2. The smallest absolute Gasteiger partial charge is 0.274 e. The molecule has 2 fully saturated rings. The van der Waals surface area contributed by atoms with Gasteiger partial charge < -0.3 is 14.2 Å². The van der Waals surface area contributed by atoms with Crippen LogP contribution in [0.3, 0.4) is 0 Å². The first-order valence-electron chi connectivity index (χ1n) is 8.94. The Morgan fingerprint density at radius 1 is 1.36 bits per heavy atom. The molecule has 8 nitrogen and oxygen atoms in total. The van der Waals surface area contributed by atoms with Crippen LogP contribution in [0.4, 0.5) is 0 Å². The van der Waals surface area contributed by atoms with E-state index in [1.807, 2.05) is 11.0 Å². The summed E-state index contributed by atoms with van der Waals surface area (Å²) < 4.78 is 10.3. The Kier molecular flexibility index (Phi) is 4.52. The SMILES string of the molecule is COCc1nc(C2CCCCCN2C(=O)c2cc(C3CC3)[nH]n2)no1. The lowest BCUT2D eigenvalue weighted by Gasteiger charge is -2.27. The summed E-state index contributed by atoms with van der Waals surface area (Å²) in [5.41, 5.74) is 1.55. The number of hydrogen-bond donors (Lipinski definition) is 1. The number of ether oxygens (including phenoxy) is 1. The number of hydrogen-bond acceptors (Lipinski definition) is 6. The van der Waals surface area contributed by atoms with E-state index in [1.165, 1.54) is 12.8 Å². The molecule has 1 saturated carbocycles. The summed E-state index contributed by atoms with van der Waals surface area (Å²) >= 11 is 0. The van der Waals surface area contributed by atoms with Crippen molar-refractivity contribution in [2.45, 2.75) is 57.1 Å². The molecule has 1 aliphatic carbocycles. The molecule has 1 aliphatic heterocycles.